The van der Waals surface area contributed by atoms with Crippen molar-refractivity contribution in [1.29, 1.82) is 0 Å². The highest BCUT2D eigenvalue weighted by molar-refractivity contribution is 4.98. The van der Waals surface area contributed by atoms with Crippen LogP contribution in [0.1, 0.15) is 26.2 Å². The van der Waals surface area contributed by atoms with E-state index in [1.54, 1.807) is 0 Å². The summed E-state index contributed by atoms with van der Waals surface area (Å²) in [6.45, 7) is 9.64. The zero-order valence-corrected chi connectivity index (χ0v) is 7.69. The van der Waals surface area contributed by atoms with Crippen LogP contribution in [0.15, 0.2) is 25.3 Å². The quantitative estimate of drug-likeness (QED) is 0.456. The molecule has 0 unspecified atom stereocenters. The second-order valence-corrected chi connectivity index (χ2v) is 3.05. The van der Waals surface area contributed by atoms with E-state index in [1.807, 2.05) is 19.2 Å². The first-order valence-electron chi connectivity index (χ1n) is 4.12. The highest BCUT2D eigenvalue weighted by Crippen LogP contribution is 2.13. The molecule has 1 heteroatoms. The molecular formula is C10H19N. The molecule has 1 nitrogen and oxygen atoms in total. The predicted octanol–water partition coefficient (Wildman–Crippen LogP) is 2.51. The molecule has 1 atom stereocenters. The number of allylic oxidation sites excluding steroid dienone is 1. The van der Waals surface area contributed by atoms with E-state index in [0.29, 0.717) is 0 Å². The molecule has 0 saturated carbocycles. The summed E-state index contributed by atoms with van der Waals surface area (Å²) in [4.78, 5) is 0. The minimum Gasteiger partial charge on any atom is -0.311 e. The van der Waals surface area contributed by atoms with Crippen LogP contribution in [0.2, 0.25) is 0 Å². The van der Waals surface area contributed by atoms with Gasteiger partial charge < -0.3 is 5.32 Å². The van der Waals surface area contributed by atoms with Crippen LogP contribution < -0.4 is 5.32 Å². The van der Waals surface area contributed by atoms with E-state index < -0.39 is 0 Å². The molecule has 0 spiro atoms. The van der Waals surface area contributed by atoms with Gasteiger partial charge in [0.25, 0.3) is 0 Å². The highest BCUT2D eigenvalue weighted by atomic mass is 14.9. The monoisotopic (exact) mass is 153 g/mol. The average molecular weight is 153 g/mol. The lowest BCUT2D eigenvalue weighted by Gasteiger charge is -2.24. The summed E-state index contributed by atoms with van der Waals surface area (Å²) < 4.78 is 0. The van der Waals surface area contributed by atoms with Crippen molar-refractivity contribution < 1.29 is 0 Å². The van der Waals surface area contributed by atoms with Gasteiger partial charge in [-0.2, -0.15) is 0 Å². The van der Waals surface area contributed by atoms with E-state index in [4.69, 9.17) is 0 Å². The van der Waals surface area contributed by atoms with Crippen LogP contribution in [0, 0.1) is 0 Å². The minimum absolute atomic E-state index is 0.100. The SMILES string of the molecule is C=CCCC[C@](C)(C=C)NC. The molecule has 0 rings (SSSR count). The van der Waals surface area contributed by atoms with Crippen LogP contribution >= 0.6 is 0 Å². The Morgan fingerprint density at radius 3 is 2.45 bits per heavy atom. The number of hydrogen-bond donors (Lipinski definition) is 1. The van der Waals surface area contributed by atoms with Gasteiger partial charge in [0.2, 0.25) is 0 Å². The summed E-state index contributed by atoms with van der Waals surface area (Å²) in [5.41, 5.74) is 0.100. The second-order valence-electron chi connectivity index (χ2n) is 3.05. The van der Waals surface area contributed by atoms with Gasteiger partial charge in [0.1, 0.15) is 0 Å². The maximum atomic E-state index is 3.79. The Morgan fingerprint density at radius 1 is 1.45 bits per heavy atom. The van der Waals surface area contributed by atoms with E-state index >= 15 is 0 Å². The van der Waals surface area contributed by atoms with Gasteiger partial charge >= 0.3 is 0 Å². The number of rotatable bonds is 6. The van der Waals surface area contributed by atoms with E-state index in [0.717, 1.165) is 12.8 Å². The zero-order chi connectivity index (χ0) is 8.74. The Morgan fingerprint density at radius 2 is 2.09 bits per heavy atom. The summed E-state index contributed by atoms with van der Waals surface area (Å²) in [5.74, 6) is 0. The lowest BCUT2D eigenvalue weighted by Crippen LogP contribution is -2.37. The van der Waals surface area contributed by atoms with E-state index in [2.05, 4.69) is 25.4 Å². The lowest BCUT2D eigenvalue weighted by molar-refractivity contribution is 0.432. The third-order valence-corrected chi connectivity index (χ3v) is 2.13. The lowest BCUT2D eigenvalue weighted by atomic mass is 9.95. The van der Waals surface area contributed by atoms with Crippen molar-refractivity contribution in [3.05, 3.63) is 25.3 Å². The largest absolute Gasteiger partial charge is 0.311 e. The van der Waals surface area contributed by atoms with E-state index in [9.17, 15) is 0 Å². The molecule has 0 fully saturated rings. The highest BCUT2D eigenvalue weighted by Gasteiger charge is 2.15. The molecule has 0 heterocycles. The van der Waals surface area contributed by atoms with Crippen molar-refractivity contribution in [3.63, 3.8) is 0 Å². The summed E-state index contributed by atoms with van der Waals surface area (Å²) >= 11 is 0. The van der Waals surface area contributed by atoms with Gasteiger partial charge in [-0.1, -0.05) is 12.2 Å². The molecule has 0 saturated heterocycles. The molecule has 0 aliphatic rings. The molecule has 0 aromatic heterocycles. The number of hydrogen-bond acceptors (Lipinski definition) is 1. The molecule has 0 aliphatic heterocycles. The number of nitrogens with one attached hydrogen (secondary N) is 1. The molecule has 0 aromatic carbocycles. The van der Waals surface area contributed by atoms with E-state index in [1.165, 1.54) is 6.42 Å². The van der Waals surface area contributed by atoms with Gasteiger partial charge in [-0.3, -0.25) is 0 Å². The van der Waals surface area contributed by atoms with Gasteiger partial charge in [0, 0.05) is 5.54 Å². The Balaban J connectivity index is 3.68. The molecule has 0 aliphatic carbocycles. The molecule has 0 bridgehead atoms. The second kappa shape index (κ2) is 5.14. The molecule has 0 radical (unpaired) electrons. The van der Waals surface area contributed by atoms with Gasteiger partial charge in [-0.15, -0.1) is 13.2 Å². The first-order chi connectivity index (χ1) is 5.18. The summed E-state index contributed by atoms with van der Waals surface area (Å²) in [5, 5.41) is 3.23. The van der Waals surface area contributed by atoms with Gasteiger partial charge in [0.15, 0.2) is 0 Å². The van der Waals surface area contributed by atoms with Crippen molar-refractivity contribution >= 4 is 0 Å². The summed E-state index contributed by atoms with van der Waals surface area (Å²) in [7, 11) is 1.97. The van der Waals surface area contributed by atoms with Gasteiger partial charge in [-0.25, -0.2) is 0 Å². The van der Waals surface area contributed by atoms with Crippen LogP contribution in [-0.4, -0.2) is 12.6 Å². The number of unbranched alkanes of at least 4 members (excludes halogenated alkanes) is 1. The Labute approximate surface area is 70.2 Å². The minimum atomic E-state index is 0.100. The smallest absolute Gasteiger partial charge is 0.0330 e. The van der Waals surface area contributed by atoms with Crippen molar-refractivity contribution in [3.8, 4) is 0 Å². The van der Waals surface area contributed by atoms with Crippen LogP contribution in [0.3, 0.4) is 0 Å². The molecule has 0 aromatic rings. The molecular weight excluding hydrogens is 134 g/mol. The summed E-state index contributed by atoms with van der Waals surface area (Å²) in [6, 6.07) is 0. The Kier molecular flexibility index (Phi) is 4.88. The van der Waals surface area contributed by atoms with Crippen molar-refractivity contribution in [2.24, 2.45) is 0 Å². The molecule has 1 N–H and O–H groups in total. The fraction of sp³-hybridized carbons (Fsp3) is 0.600. The fourth-order valence-corrected chi connectivity index (χ4v) is 0.943. The van der Waals surface area contributed by atoms with Crippen molar-refractivity contribution in [1.82, 2.24) is 5.32 Å². The van der Waals surface area contributed by atoms with Crippen molar-refractivity contribution in [2.45, 2.75) is 31.7 Å². The van der Waals surface area contributed by atoms with Gasteiger partial charge in [0.05, 0.1) is 0 Å². The van der Waals surface area contributed by atoms with Crippen LogP contribution in [-0.2, 0) is 0 Å². The molecule has 64 valence electrons. The number of likely N-dealkylation sites (N-methyl/N-ethyl adjacent to an activating group) is 1. The van der Waals surface area contributed by atoms with Crippen LogP contribution in [0.5, 0.6) is 0 Å². The maximum Gasteiger partial charge on any atom is 0.0330 e. The van der Waals surface area contributed by atoms with Crippen LogP contribution in [0.25, 0.3) is 0 Å². The van der Waals surface area contributed by atoms with Gasteiger partial charge in [-0.05, 0) is 33.2 Å². The van der Waals surface area contributed by atoms with Crippen LogP contribution in [0.4, 0.5) is 0 Å². The third-order valence-electron chi connectivity index (χ3n) is 2.13. The molecule has 0 amide bonds. The standard InChI is InChI=1S/C10H19N/c1-5-7-8-9-10(3,6-2)11-4/h5-6,11H,1-2,7-9H2,3-4H3/t10-/m0/s1. The predicted molar refractivity (Wildman–Crippen MR) is 51.7 cm³/mol. The normalized spacial score (nSPS) is 15.5. The Hall–Kier alpha value is -0.560. The average Bonchev–Trinajstić information content (AvgIpc) is 2.05. The fourth-order valence-electron chi connectivity index (χ4n) is 0.943. The zero-order valence-electron chi connectivity index (χ0n) is 7.69. The third kappa shape index (κ3) is 3.99. The Bertz CT molecular complexity index is 129. The first kappa shape index (κ1) is 10.4. The molecule has 11 heavy (non-hydrogen) atoms. The van der Waals surface area contributed by atoms with E-state index in [-0.39, 0.29) is 5.54 Å². The maximum absolute atomic E-state index is 3.79. The topological polar surface area (TPSA) is 12.0 Å². The first-order valence-corrected chi connectivity index (χ1v) is 4.12. The summed E-state index contributed by atoms with van der Waals surface area (Å²) in [6.07, 6.45) is 7.31. The van der Waals surface area contributed by atoms with Crippen molar-refractivity contribution in [2.75, 3.05) is 7.05 Å².